The molecule has 0 spiro atoms. The Bertz CT molecular complexity index is 404. The van der Waals surface area contributed by atoms with Crippen LogP contribution in [0.15, 0.2) is 10.7 Å². The van der Waals surface area contributed by atoms with Crippen LogP contribution in [-0.2, 0) is 6.42 Å². The molecule has 0 aromatic carbocycles. The SMILES string of the molecule is COc1cc(C(F)F)nc(Br)c1CC#N. The van der Waals surface area contributed by atoms with Crippen molar-refractivity contribution in [1.29, 1.82) is 5.26 Å². The Morgan fingerprint density at radius 2 is 2.33 bits per heavy atom. The van der Waals surface area contributed by atoms with Crippen LogP contribution in [0.25, 0.3) is 0 Å². The third-order valence-electron chi connectivity index (χ3n) is 1.75. The zero-order chi connectivity index (χ0) is 11.4. The van der Waals surface area contributed by atoms with Gasteiger partial charge in [-0.25, -0.2) is 13.8 Å². The minimum absolute atomic E-state index is 0.0558. The molecule has 6 heteroatoms. The predicted octanol–water partition coefficient (Wildman–Crippen LogP) is 2.86. The van der Waals surface area contributed by atoms with Gasteiger partial charge in [-0.2, -0.15) is 5.26 Å². The molecule has 0 aliphatic carbocycles. The summed E-state index contributed by atoms with van der Waals surface area (Å²) >= 11 is 3.03. The quantitative estimate of drug-likeness (QED) is 0.798. The second kappa shape index (κ2) is 5.03. The van der Waals surface area contributed by atoms with Gasteiger partial charge in [-0.3, -0.25) is 0 Å². The molecule has 0 radical (unpaired) electrons. The van der Waals surface area contributed by atoms with E-state index in [0.717, 1.165) is 6.07 Å². The maximum absolute atomic E-state index is 12.4. The number of nitrogens with zero attached hydrogens (tertiary/aromatic N) is 2. The molecule has 0 atom stereocenters. The Morgan fingerprint density at radius 1 is 1.67 bits per heavy atom. The number of nitriles is 1. The largest absolute Gasteiger partial charge is 0.496 e. The minimum atomic E-state index is -2.66. The van der Waals surface area contributed by atoms with Crippen LogP contribution in [0.5, 0.6) is 5.75 Å². The standard InChI is InChI=1S/C9H7BrF2N2O/c1-15-7-4-6(9(11)12)14-8(10)5(7)2-3-13/h4,9H,2H2,1H3. The van der Waals surface area contributed by atoms with Gasteiger partial charge >= 0.3 is 0 Å². The summed E-state index contributed by atoms with van der Waals surface area (Å²) < 4.78 is 29.9. The van der Waals surface area contributed by atoms with E-state index in [0.29, 0.717) is 5.56 Å². The first kappa shape index (κ1) is 11.9. The highest BCUT2D eigenvalue weighted by Crippen LogP contribution is 2.30. The molecule has 0 bridgehead atoms. The lowest BCUT2D eigenvalue weighted by Crippen LogP contribution is -1.99. The Kier molecular flexibility index (Phi) is 3.97. The second-order valence-corrected chi connectivity index (χ2v) is 3.41. The van der Waals surface area contributed by atoms with Gasteiger partial charge in [-0.15, -0.1) is 0 Å². The summed E-state index contributed by atoms with van der Waals surface area (Å²) in [4.78, 5) is 3.64. The van der Waals surface area contributed by atoms with Gasteiger partial charge in [-0.1, -0.05) is 0 Å². The Labute approximate surface area is 93.8 Å². The van der Waals surface area contributed by atoms with E-state index in [1.807, 2.05) is 6.07 Å². The molecule has 1 aromatic rings. The van der Waals surface area contributed by atoms with E-state index in [1.165, 1.54) is 7.11 Å². The fraction of sp³-hybridized carbons (Fsp3) is 0.333. The highest BCUT2D eigenvalue weighted by molar-refractivity contribution is 9.10. The number of rotatable bonds is 3. The molecule has 0 saturated heterocycles. The molecule has 0 amide bonds. The van der Waals surface area contributed by atoms with Crippen molar-refractivity contribution in [3.63, 3.8) is 0 Å². The first-order valence-electron chi connectivity index (χ1n) is 3.98. The fourth-order valence-corrected chi connectivity index (χ4v) is 1.61. The molecular weight excluding hydrogens is 270 g/mol. The van der Waals surface area contributed by atoms with Gasteiger partial charge in [0.15, 0.2) is 0 Å². The fourth-order valence-electron chi connectivity index (χ4n) is 1.07. The lowest BCUT2D eigenvalue weighted by Gasteiger charge is -2.09. The monoisotopic (exact) mass is 276 g/mol. The molecule has 0 unspecified atom stereocenters. The molecule has 0 aliphatic rings. The van der Waals surface area contributed by atoms with Crippen molar-refractivity contribution >= 4 is 15.9 Å². The summed E-state index contributed by atoms with van der Waals surface area (Å²) in [5.41, 5.74) is 0.102. The smallest absolute Gasteiger partial charge is 0.280 e. The van der Waals surface area contributed by atoms with E-state index in [9.17, 15) is 8.78 Å². The van der Waals surface area contributed by atoms with Gasteiger partial charge < -0.3 is 4.74 Å². The molecule has 0 saturated carbocycles. The van der Waals surface area contributed by atoms with Gasteiger partial charge in [0.25, 0.3) is 6.43 Å². The molecule has 0 N–H and O–H groups in total. The van der Waals surface area contributed by atoms with Gasteiger partial charge in [0.1, 0.15) is 16.0 Å². The third kappa shape index (κ3) is 2.63. The van der Waals surface area contributed by atoms with Crippen molar-refractivity contribution in [2.24, 2.45) is 0 Å². The van der Waals surface area contributed by atoms with Gasteiger partial charge in [0.2, 0.25) is 0 Å². The predicted molar refractivity (Wildman–Crippen MR) is 52.8 cm³/mol. The normalized spacial score (nSPS) is 10.1. The number of halogens is 3. The van der Waals surface area contributed by atoms with Crippen LogP contribution in [-0.4, -0.2) is 12.1 Å². The molecule has 0 fully saturated rings. The van der Waals surface area contributed by atoms with E-state index in [-0.39, 0.29) is 22.5 Å². The number of pyridine rings is 1. The molecule has 15 heavy (non-hydrogen) atoms. The molecule has 1 aromatic heterocycles. The summed E-state index contributed by atoms with van der Waals surface area (Å²) in [5.74, 6) is 0.244. The van der Waals surface area contributed by atoms with Crippen LogP contribution < -0.4 is 4.74 Å². The topological polar surface area (TPSA) is 45.9 Å². The average molecular weight is 277 g/mol. The first-order valence-corrected chi connectivity index (χ1v) is 4.77. The van der Waals surface area contributed by atoms with Crippen LogP contribution in [0.2, 0.25) is 0 Å². The molecule has 80 valence electrons. The zero-order valence-electron chi connectivity index (χ0n) is 7.80. The van der Waals surface area contributed by atoms with E-state index in [4.69, 9.17) is 10.00 Å². The van der Waals surface area contributed by atoms with Gasteiger partial charge in [-0.05, 0) is 15.9 Å². The van der Waals surface area contributed by atoms with Crippen molar-refractivity contribution < 1.29 is 13.5 Å². The van der Waals surface area contributed by atoms with Crippen molar-refractivity contribution in [3.05, 3.63) is 21.9 Å². The Hall–Kier alpha value is -1.22. The van der Waals surface area contributed by atoms with Crippen LogP contribution in [0.1, 0.15) is 17.7 Å². The lowest BCUT2D eigenvalue weighted by molar-refractivity contribution is 0.145. The zero-order valence-corrected chi connectivity index (χ0v) is 9.38. The number of hydrogen-bond acceptors (Lipinski definition) is 3. The summed E-state index contributed by atoms with van der Waals surface area (Å²) in [7, 11) is 1.36. The lowest BCUT2D eigenvalue weighted by atomic mass is 10.2. The number of aromatic nitrogens is 1. The highest BCUT2D eigenvalue weighted by atomic mass is 79.9. The number of methoxy groups -OCH3 is 1. The van der Waals surface area contributed by atoms with Crippen molar-refractivity contribution in [2.45, 2.75) is 12.8 Å². The Balaban J connectivity index is 3.25. The second-order valence-electron chi connectivity index (χ2n) is 2.65. The molecule has 0 aliphatic heterocycles. The number of alkyl halides is 2. The summed E-state index contributed by atoms with van der Waals surface area (Å²) in [6.07, 6.45) is -2.60. The summed E-state index contributed by atoms with van der Waals surface area (Å²) in [5, 5.41) is 8.54. The van der Waals surface area contributed by atoms with E-state index in [2.05, 4.69) is 20.9 Å². The van der Waals surface area contributed by atoms with E-state index < -0.39 is 6.43 Å². The average Bonchev–Trinajstić information content (AvgIpc) is 2.20. The van der Waals surface area contributed by atoms with Crippen LogP contribution in [0.4, 0.5) is 8.78 Å². The number of hydrogen-bond donors (Lipinski definition) is 0. The van der Waals surface area contributed by atoms with Crippen LogP contribution >= 0.6 is 15.9 Å². The van der Waals surface area contributed by atoms with E-state index >= 15 is 0 Å². The molecule has 3 nitrogen and oxygen atoms in total. The molecule has 1 heterocycles. The highest BCUT2D eigenvalue weighted by Gasteiger charge is 2.16. The van der Waals surface area contributed by atoms with Crippen molar-refractivity contribution in [3.8, 4) is 11.8 Å². The molecular formula is C9H7BrF2N2O. The maximum Gasteiger partial charge on any atom is 0.280 e. The van der Waals surface area contributed by atoms with Crippen molar-refractivity contribution in [2.75, 3.05) is 7.11 Å². The Morgan fingerprint density at radius 3 is 2.80 bits per heavy atom. The molecule has 1 rings (SSSR count). The van der Waals surface area contributed by atoms with Gasteiger partial charge in [0.05, 0.1) is 19.6 Å². The number of ether oxygens (including phenoxy) is 1. The summed E-state index contributed by atoms with van der Waals surface area (Å²) in [6.45, 7) is 0. The minimum Gasteiger partial charge on any atom is -0.496 e. The van der Waals surface area contributed by atoms with Gasteiger partial charge in [0, 0.05) is 11.6 Å². The maximum atomic E-state index is 12.4. The van der Waals surface area contributed by atoms with E-state index in [1.54, 1.807) is 0 Å². The van der Waals surface area contributed by atoms with Crippen molar-refractivity contribution in [1.82, 2.24) is 4.98 Å². The summed E-state index contributed by atoms with van der Waals surface area (Å²) in [6, 6.07) is 3.05. The van der Waals surface area contributed by atoms with Crippen LogP contribution in [0.3, 0.4) is 0 Å². The van der Waals surface area contributed by atoms with Crippen LogP contribution in [0, 0.1) is 11.3 Å². The first-order chi connectivity index (χ1) is 7.10. The third-order valence-corrected chi connectivity index (χ3v) is 2.41.